The third-order valence-electron chi connectivity index (χ3n) is 6.18. The summed E-state index contributed by atoms with van der Waals surface area (Å²) in [7, 11) is 0. The van der Waals surface area contributed by atoms with Crippen molar-refractivity contribution in [2.45, 2.75) is 62.5 Å². The first-order chi connectivity index (χ1) is 11.5. The van der Waals surface area contributed by atoms with Gasteiger partial charge in [0, 0.05) is 12.1 Å². The minimum absolute atomic E-state index is 0.0615. The molecule has 4 aliphatic carbocycles. The molecule has 0 aromatic heterocycles. The maximum absolute atomic E-state index is 12.3. The van der Waals surface area contributed by atoms with E-state index in [1.54, 1.807) is 0 Å². The van der Waals surface area contributed by atoms with Crippen LogP contribution in [0.3, 0.4) is 0 Å². The van der Waals surface area contributed by atoms with Crippen LogP contribution in [0.4, 0.5) is 4.79 Å². The van der Waals surface area contributed by atoms with Gasteiger partial charge in [-0.05, 0) is 68.8 Å². The van der Waals surface area contributed by atoms with E-state index in [0.717, 1.165) is 44.9 Å². The lowest BCUT2D eigenvalue weighted by molar-refractivity contribution is -0.139. The van der Waals surface area contributed by atoms with Gasteiger partial charge >= 0.3 is 6.03 Å². The number of rotatable bonds is 5. The highest BCUT2D eigenvalue weighted by molar-refractivity contribution is 5.74. The number of aryl methyl sites for hydroxylation is 1. The van der Waals surface area contributed by atoms with Crippen LogP contribution in [0.25, 0.3) is 0 Å². The van der Waals surface area contributed by atoms with E-state index >= 15 is 0 Å². The molecule has 2 amide bonds. The zero-order valence-corrected chi connectivity index (χ0v) is 14.3. The maximum Gasteiger partial charge on any atom is 0.315 e. The molecule has 1 aromatic rings. The molecule has 4 heteroatoms. The summed E-state index contributed by atoms with van der Waals surface area (Å²) < 4.78 is 0. The summed E-state index contributed by atoms with van der Waals surface area (Å²) in [6.45, 7) is 0.688. The van der Waals surface area contributed by atoms with Crippen LogP contribution in [0, 0.1) is 11.8 Å². The Morgan fingerprint density at radius 1 is 1.12 bits per heavy atom. The standard InChI is InChI=1S/C20H28N2O2/c23-18(21-8-4-7-15-5-2-1-3-6-15)22-19-10-16-9-17(11-19)13-20(24,12-16)14-19/h1-3,5-6,16-17,24H,4,7-14H2,(H2,21,22,23). The summed E-state index contributed by atoms with van der Waals surface area (Å²) in [4.78, 5) is 12.3. The van der Waals surface area contributed by atoms with Crippen molar-refractivity contribution in [2.75, 3.05) is 6.54 Å². The molecule has 4 aliphatic rings. The number of carbonyl (C=O) groups excluding carboxylic acids is 1. The SMILES string of the molecule is O=C(NCCCc1ccccc1)NC12CC3CC(CC(O)(C3)C1)C2. The Balaban J connectivity index is 1.26. The molecule has 0 aliphatic heterocycles. The Morgan fingerprint density at radius 2 is 1.83 bits per heavy atom. The zero-order valence-electron chi connectivity index (χ0n) is 14.3. The van der Waals surface area contributed by atoms with Crippen LogP contribution < -0.4 is 10.6 Å². The third kappa shape index (κ3) is 3.30. The smallest absolute Gasteiger partial charge is 0.315 e. The quantitative estimate of drug-likeness (QED) is 0.728. The van der Waals surface area contributed by atoms with E-state index in [4.69, 9.17) is 0 Å². The van der Waals surface area contributed by atoms with Crippen molar-refractivity contribution in [3.05, 3.63) is 35.9 Å². The van der Waals surface area contributed by atoms with Crippen LogP contribution >= 0.6 is 0 Å². The van der Waals surface area contributed by atoms with E-state index in [2.05, 4.69) is 22.8 Å². The molecule has 1 aromatic carbocycles. The number of hydrogen-bond acceptors (Lipinski definition) is 2. The molecular weight excluding hydrogens is 300 g/mol. The number of hydrogen-bond donors (Lipinski definition) is 3. The molecule has 130 valence electrons. The summed E-state index contributed by atoms with van der Waals surface area (Å²) in [6.07, 6.45) is 7.87. The van der Waals surface area contributed by atoms with E-state index in [1.165, 1.54) is 12.0 Å². The average molecular weight is 328 g/mol. The molecule has 4 fully saturated rings. The second-order valence-electron chi connectivity index (χ2n) is 8.44. The van der Waals surface area contributed by atoms with Gasteiger partial charge in [0.2, 0.25) is 0 Å². The van der Waals surface area contributed by atoms with Gasteiger partial charge in [0.25, 0.3) is 0 Å². The van der Waals surface area contributed by atoms with E-state index in [9.17, 15) is 9.90 Å². The summed E-state index contributed by atoms with van der Waals surface area (Å²) in [5.74, 6) is 1.18. The van der Waals surface area contributed by atoms with E-state index in [1.807, 2.05) is 18.2 Å². The van der Waals surface area contributed by atoms with Crippen molar-refractivity contribution in [2.24, 2.45) is 11.8 Å². The molecular formula is C20H28N2O2. The third-order valence-corrected chi connectivity index (χ3v) is 6.18. The fourth-order valence-corrected chi connectivity index (χ4v) is 5.78. The van der Waals surface area contributed by atoms with Gasteiger partial charge in [-0.15, -0.1) is 0 Å². The first-order valence-electron chi connectivity index (χ1n) is 9.37. The van der Waals surface area contributed by atoms with Crippen LogP contribution in [-0.2, 0) is 6.42 Å². The first-order valence-corrected chi connectivity index (χ1v) is 9.37. The minimum Gasteiger partial charge on any atom is -0.390 e. The molecule has 3 N–H and O–H groups in total. The number of aliphatic hydroxyl groups is 1. The molecule has 4 saturated carbocycles. The Hall–Kier alpha value is -1.55. The second kappa shape index (κ2) is 6.07. The van der Waals surface area contributed by atoms with Gasteiger partial charge in [-0.3, -0.25) is 0 Å². The van der Waals surface area contributed by atoms with Gasteiger partial charge in [0.15, 0.2) is 0 Å². The second-order valence-corrected chi connectivity index (χ2v) is 8.44. The molecule has 2 atom stereocenters. The average Bonchev–Trinajstić information content (AvgIpc) is 2.49. The lowest BCUT2D eigenvalue weighted by Crippen LogP contribution is -2.66. The van der Waals surface area contributed by atoms with Crippen LogP contribution in [0.15, 0.2) is 30.3 Å². The minimum atomic E-state index is -0.523. The van der Waals surface area contributed by atoms with Gasteiger partial charge in [0.1, 0.15) is 0 Å². The van der Waals surface area contributed by atoms with E-state index in [0.29, 0.717) is 18.4 Å². The molecule has 5 rings (SSSR count). The highest BCUT2D eigenvalue weighted by atomic mass is 16.3. The Labute approximate surface area is 144 Å². The highest BCUT2D eigenvalue weighted by Crippen LogP contribution is 2.57. The van der Waals surface area contributed by atoms with Gasteiger partial charge in [0.05, 0.1) is 5.60 Å². The predicted octanol–water partition coefficient (Wildman–Crippen LogP) is 3.00. The summed E-state index contributed by atoms with van der Waals surface area (Å²) in [5, 5.41) is 17.0. The summed E-state index contributed by atoms with van der Waals surface area (Å²) >= 11 is 0. The molecule has 0 heterocycles. The fraction of sp³-hybridized carbons (Fsp3) is 0.650. The number of nitrogens with one attached hydrogen (secondary N) is 2. The van der Waals surface area contributed by atoms with Crippen molar-refractivity contribution >= 4 is 6.03 Å². The van der Waals surface area contributed by atoms with Crippen LogP contribution in [0.2, 0.25) is 0 Å². The van der Waals surface area contributed by atoms with Crippen molar-refractivity contribution < 1.29 is 9.90 Å². The molecule has 2 unspecified atom stereocenters. The number of urea groups is 1. The largest absolute Gasteiger partial charge is 0.390 e. The lowest BCUT2D eigenvalue weighted by Gasteiger charge is -2.60. The number of benzene rings is 1. The molecule has 4 bridgehead atoms. The van der Waals surface area contributed by atoms with Gasteiger partial charge in [-0.2, -0.15) is 0 Å². The Morgan fingerprint density at radius 3 is 2.50 bits per heavy atom. The van der Waals surface area contributed by atoms with Crippen LogP contribution in [0.5, 0.6) is 0 Å². The monoisotopic (exact) mass is 328 g/mol. The van der Waals surface area contributed by atoms with Gasteiger partial charge in [-0.25, -0.2) is 4.79 Å². The van der Waals surface area contributed by atoms with Gasteiger partial charge in [-0.1, -0.05) is 30.3 Å². The van der Waals surface area contributed by atoms with Crippen LogP contribution in [0.1, 0.15) is 50.5 Å². The van der Waals surface area contributed by atoms with E-state index in [-0.39, 0.29) is 11.6 Å². The van der Waals surface area contributed by atoms with Crippen molar-refractivity contribution in [3.63, 3.8) is 0 Å². The van der Waals surface area contributed by atoms with Crippen molar-refractivity contribution in [1.29, 1.82) is 0 Å². The lowest BCUT2D eigenvalue weighted by atomic mass is 9.51. The Kier molecular flexibility index (Phi) is 4.03. The van der Waals surface area contributed by atoms with Crippen LogP contribution in [-0.4, -0.2) is 28.8 Å². The number of amides is 2. The topological polar surface area (TPSA) is 61.4 Å². The zero-order chi connectivity index (χ0) is 16.6. The molecule has 0 radical (unpaired) electrons. The first kappa shape index (κ1) is 15.9. The molecule has 4 nitrogen and oxygen atoms in total. The predicted molar refractivity (Wildman–Crippen MR) is 93.7 cm³/mol. The molecule has 0 spiro atoms. The van der Waals surface area contributed by atoms with E-state index < -0.39 is 5.60 Å². The summed E-state index contributed by atoms with van der Waals surface area (Å²) in [6, 6.07) is 10.3. The fourth-order valence-electron chi connectivity index (χ4n) is 5.78. The van der Waals surface area contributed by atoms with Gasteiger partial charge < -0.3 is 15.7 Å². The van der Waals surface area contributed by atoms with Crippen molar-refractivity contribution in [3.8, 4) is 0 Å². The normalized spacial score (nSPS) is 36.5. The highest BCUT2D eigenvalue weighted by Gasteiger charge is 2.57. The summed E-state index contributed by atoms with van der Waals surface area (Å²) in [5.41, 5.74) is 0.621. The maximum atomic E-state index is 12.3. The number of carbonyl (C=O) groups is 1. The molecule has 24 heavy (non-hydrogen) atoms. The van der Waals surface area contributed by atoms with Crippen molar-refractivity contribution in [1.82, 2.24) is 10.6 Å². The molecule has 0 saturated heterocycles. The Bertz CT molecular complexity index is 587.